The van der Waals surface area contributed by atoms with E-state index in [4.69, 9.17) is 9.84 Å². The average molecular weight is 484 g/mol. The number of allylic oxidation sites excluding steroid dienone is 2. The lowest BCUT2D eigenvalue weighted by molar-refractivity contribution is -0.145. The number of aliphatic hydroxyl groups excluding tert-OH is 1. The molecule has 0 aliphatic rings. The highest BCUT2D eigenvalue weighted by atomic mass is 16.5. The minimum atomic E-state index is -0.632. The quantitative estimate of drug-likeness (QED) is 0.166. The number of fused-ring (bicyclic) bond motifs is 1. The number of benzene rings is 1. The summed E-state index contributed by atoms with van der Waals surface area (Å²) < 4.78 is 5.48. The van der Waals surface area contributed by atoms with Gasteiger partial charge in [0.25, 0.3) is 0 Å². The number of aromatic amines is 1. The Balaban J connectivity index is 2.11. The van der Waals surface area contributed by atoms with Gasteiger partial charge in [-0.2, -0.15) is 0 Å². The van der Waals surface area contributed by atoms with Crippen LogP contribution in [0.5, 0.6) is 0 Å². The number of hydrogen-bond acceptors (Lipinski definition) is 5. The number of carbonyl (C=O) groups excluding carboxylic acids is 3. The number of rotatable bonds is 16. The fourth-order valence-electron chi connectivity index (χ4n) is 3.78. The molecule has 1 aromatic heterocycles. The summed E-state index contributed by atoms with van der Waals surface area (Å²) in [6, 6.07) is 6.98. The maximum absolute atomic E-state index is 13.1. The van der Waals surface area contributed by atoms with Crippen molar-refractivity contribution in [2.75, 3.05) is 13.2 Å². The zero-order valence-electron chi connectivity index (χ0n) is 20.4. The predicted molar refractivity (Wildman–Crippen MR) is 137 cm³/mol. The Morgan fingerprint density at radius 1 is 1.17 bits per heavy atom. The molecule has 0 spiro atoms. The molecule has 2 rings (SSSR count). The predicted octanol–water partition coefficient (Wildman–Crippen LogP) is 3.17. The minimum absolute atomic E-state index is 0.0206. The molecule has 190 valence electrons. The first-order valence-corrected chi connectivity index (χ1v) is 12.0. The van der Waals surface area contributed by atoms with Crippen molar-refractivity contribution in [1.29, 1.82) is 0 Å². The summed E-state index contributed by atoms with van der Waals surface area (Å²) in [7, 11) is 0. The number of H-pyrrole nitrogens is 1. The normalized spacial score (nSPS) is 13.4. The first-order valence-electron chi connectivity index (χ1n) is 12.0. The number of esters is 1. The zero-order chi connectivity index (χ0) is 25.6. The Labute approximate surface area is 206 Å². The van der Waals surface area contributed by atoms with E-state index in [9.17, 15) is 14.4 Å². The van der Waals surface area contributed by atoms with Crippen LogP contribution in [-0.2, 0) is 25.5 Å². The van der Waals surface area contributed by atoms with Gasteiger partial charge in [0.1, 0.15) is 6.61 Å². The van der Waals surface area contributed by atoms with Crippen molar-refractivity contribution in [3.63, 3.8) is 0 Å². The third kappa shape index (κ3) is 9.41. The fourth-order valence-corrected chi connectivity index (χ4v) is 3.78. The number of amides is 2. The Morgan fingerprint density at radius 2 is 1.94 bits per heavy atom. The first kappa shape index (κ1) is 27.9. The Hall–Kier alpha value is -3.39. The molecule has 4 N–H and O–H groups in total. The van der Waals surface area contributed by atoms with E-state index in [1.165, 1.54) is 0 Å². The van der Waals surface area contributed by atoms with Gasteiger partial charge in [0.05, 0.1) is 18.6 Å². The molecule has 2 aromatic rings. The van der Waals surface area contributed by atoms with Gasteiger partial charge in [0, 0.05) is 36.0 Å². The van der Waals surface area contributed by atoms with Crippen molar-refractivity contribution < 1.29 is 24.2 Å². The molecule has 8 nitrogen and oxygen atoms in total. The van der Waals surface area contributed by atoms with Gasteiger partial charge in [-0.05, 0) is 44.2 Å². The number of aromatic nitrogens is 1. The van der Waals surface area contributed by atoms with Crippen molar-refractivity contribution in [3.8, 4) is 0 Å². The second kappa shape index (κ2) is 14.8. The van der Waals surface area contributed by atoms with Crippen LogP contribution in [0.25, 0.3) is 10.9 Å². The summed E-state index contributed by atoms with van der Waals surface area (Å²) >= 11 is 0. The van der Waals surface area contributed by atoms with Crippen LogP contribution in [0.15, 0.2) is 55.8 Å². The summed E-state index contributed by atoms with van der Waals surface area (Å²) in [5.74, 6) is -1.60. The Kier molecular flexibility index (Phi) is 11.8. The lowest BCUT2D eigenvalue weighted by Crippen LogP contribution is -2.45. The van der Waals surface area contributed by atoms with E-state index in [2.05, 4.69) is 28.8 Å². The van der Waals surface area contributed by atoms with Gasteiger partial charge in [0.2, 0.25) is 11.8 Å². The molecule has 0 saturated carbocycles. The maximum Gasteiger partial charge on any atom is 0.305 e. The molecule has 0 radical (unpaired) electrons. The van der Waals surface area contributed by atoms with E-state index in [1.54, 1.807) is 19.1 Å². The van der Waals surface area contributed by atoms with Crippen molar-refractivity contribution in [2.45, 2.75) is 57.5 Å². The van der Waals surface area contributed by atoms with Gasteiger partial charge >= 0.3 is 5.97 Å². The molecule has 1 heterocycles. The second-order valence-electron chi connectivity index (χ2n) is 8.71. The Bertz CT molecular complexity index is 1000. The first-order chi connectivity index (χ1) is 16.9. The maximum atomic E-state index is 13.1. The van der Waals surface area contributed by atoms with E-state index < -0.39 is 18.0 Å². The molecule has 0 saturated heterocycles. The molecule has 8 heteroatoms. The van der Waals surface area contributed by atoms with E-state index >= 15 is 0 Å². The van der Waals surface area contributed by atoms with E-state index in [0.29, 0.717) is 19.3 Å². The smallest absolute Gasteiger partial charge is 0.305 e. The summed E-state index contributed by atoms with van der Waals surface area (Å²) in [6.07, 6.45) is 7.63. The molecule has 0 fully saturated rings. The van der Waals surface area contributed by atoms with Crippen LogP contribution in [0.4, 0.5) is 0 Å². The third-order valence-corrected chi connectivity index (χ3v) is 5.66. The molecular weight excluding hydrogens is 446 g/mol. The summed E-state index contributed by atoms with van der Waals surface area (Å²) in [5, 5.41) is 15.8. The molecule has 2 amide bonds. The van der Waals surface area contributed by atoms with Gasteiger partial charge in [0.15, 0.2) is 0 Å². The number of aliphatic hydroxyl groups is 1. The van der Waals surface area contributed by atoms with Crippen molar-refractivity contribution >= 4 is 28.7 Å². The van der Waals surface area contributed by atoms with Crippen molar-refractivity contribution in [2.24, 2.45) is 5.92 Å². The largest absolute Gasteiger partial charge is 0.463 e. The number of carbonyl (C=O) groups is 3. The van der Waals surface area contributed by atoms with Crippen LogP contribution < -0.4 is 10.6 Å². The zero-order valence-corrected chi connectivity index (χ0v) is 20.4. The highest BCUT2D eigenvalue weighted by molar-refractivity contribution is 5.86. The lowest BCUT2D eigenvalue weighted by atomic mass is 9.98. The molecule has 35 heavy (non-hydrogen) atoms. The Morgan fingerprint density at radius 3 is 2.66 bits per heavy atom. The molecule has 0 aliphatic carbocycles. The molecule has 0 unspecified atom stereocenters. The van der Waals surface area contributed by atoms with Crippen LogP contribution in [0.2, 0.25) is 0 Å². The topological polar surface area (TPSA) is 121 Å². The van der Waals surface area contributed by atoms with Gasteiger partial charge in [-0.25, -0.2) is 0 Å². The highest BCUT2D eigenvalue weighted by Crippen LogP contribution is 2.20. The number of unbranched alkanes of at least 4 members (excludes halogenated alkanes) is 1. The number of hydrogen-bond donors (Lipinski definition) is 4. The minimum Gasteiger partial charge on any atom is -0.463 e. The SMILES string of the molecule is C=CCCCC(=O)OC[C@H](Cc1c[nH]c2ccccc12)NC(=O)[C@H](CC=C)CC(=O)N[C@H](C)CO. The average Bonchev–Trinajstić information content (AvgIpc) is 3.25. The molecule has 3 atom stereocenters. The molecular formula is C27H37N3O5. The summed E-state index contributed by atoms with van der Waals surface area (Å²) in [4.78, 5) is 40.8. The van der Waals surface area contributed by atoms with E-state index in [-0.39, 0.29) is 43.8 Å². The van der Waals surface area contributed by atoms with Crippen LogP contribution >= 0.6 is 0 Å². The number of ether oxygens (including phenoxy) is 1. The van der Waals surface area contributed by atoms with Gasteiger partial charge < -0.3 is 25.5 Å². The van der Waals surface area contributed by atoms with Crippen LogP contribution in [0.3, 0.4) is 0 Å². The molecule has 1 aromatic carbocycles. The van der Waals surface area contributed by atoms with E-state index in [1.807, 2.05) is 30.5 Å². The van der Waals surface area contributed by atoms with Crippen LogP contribution in [0, 0.1) is 5.92 Å². The standard InChI is InChI=1S/C27H37N3O5/c1-4-6-7-13-26(33)35-18-22(14-21-16-28-24-12-9-8-11-23(21)24)30-27(34)20(10-5-2)15-25(32)29-19(3)17-31/h4-5,8-9,11-12,16,19-20,22,28,31H,1-2,6-7,10,13-15,17-18H2,3H3,(H,29,32)(H,30,34)/t19-,20-,22+/m1/s1. The second-order valence-corrected chi connectivity index (χ2v) is 8.71. The molecule has 0 bridgehead atoms. The van der Waals surface area contributed by atoms with Crippen molar-refractivity contribution in [3.05, 3.63) is 61.3 Å². The van der Waals surface area contributed by atoms with E-state index in [0.717, 1.165) is 22.9 Å². The fraction of sp³-hybridized carbons (Fsp3) is 0.444. The summed E-state index contributed by atoms with van der Waals surface area (Å²) in [5.41, 5.74) is 1.97. The van der Waals surface area contributed by atoms with Crippen LogP contribution in [-0.4, -0.2) is 53.2 Å². The third-order valence-electron chi connectivity index (χ3n) is 5.66. The number of para-hydroxylation sites is 1. The van der Waals surface area contributed by atoms with Gasteiger partial charge in [-0.3, -0.25) is 14.4 Å². The highest BCUT2D eigenvalue weighted by Gasteiger charge is 2.25. The van der Waals surface area contributed by atoms with Crippen LogP contribution in [0.1, 0.15) is 44.6 Å². The number of nitrogens with one attached hydrogen (secondary N) is 3. The lowest BCUT2D eigenvalue weighted by Gasteiger charge is -2.22. The monoisotopic (exact) mass is 483 g/mol. The molecule has 0 aliphatic heterocycles. The van der Waals surface area contributed by atoms with Gasteiger partial charge in [-0.15, -0.1) is 13.2 Å². The summed E-state index contributed by atoms with van der Waals surface area (Å²) in [6.45, 7) is 8.87. The van der Waals surface area contributed by atoms with Crippen molar-refractivity contribution in [1.82, 2.24) is 15.6 Å². The van der Waals surface area contributed by atoms with Gasteiger partial charge in [-0.1, -0.05) is 30.4 Å².